The van der Waals surface area contributed by atoms with Gasteiger partial charge in [0.1, 0.15) is 0 Å². The first kappa shape index (κ1) is 39.0. The summed E-state index contributed by atoms with van der Waals surface area (Å²) in [7, 11) is 0. The minimum absolute atomic E-state index is 0.965. The average molecular weight is 549 g/mol. The topological polar surface area (TPSA) is 0 Å². The smallest absolute Gasteiger partial charge is 0.0443 e. The molecule has 0 spiro atoms. The first-order valence-electron chi connectivity index (χ1n) is 19.2. The maximum atomic E-state index is 2.51. The van der Waals surface area contributed by atoms with Gasteiger partial charge in [-0.1, -0.05) is 240 Å². The van der Waals surface area contributed by atoms with Crippen LogP contribution in [0.2, 0.25) is 0 Å². The zero-order chi connectivity index (χ0) is 28.5. The summed E-state index contributed by atoms with van der Waals surface area (Å²) in [6, 6.07) is 0. The molecular weight excluding hydrogens is 468 g/mol. The fraction of sp³-hybridized carbons (Fsp3) is 1.00. The summed E-state index contributed by atoms with van der Waals surface area (Å²) in [6.07, 6.45) is 48.6. The van der Waals surface area contributed by atoms with Gasteiger partial charge in [0.05, 0.1) is 0 Å². The first-order chi connectivity index (χ1) is 19.2. The van der Waals surface area contributed by atoms with Gasteiger partial charge in [-0.05, 0) is 11.8 Å². The second kappa shape index (κ2) is 34.2. The van der Waals surface area contributed by atoms with Crippen LogP contribution in [-0.2, 0) is 0 Å². The van der Waals surface area contributed by atoms with Crippen molar-refractivity contribution in [3.63, 3.8) is 0 Å². The van der Waals surface area contributed by atoms with Gasteiger partial charge in [0.15, 0.2) is 0 Å². The molecule has 0 radical (unpaired) electrons. The Morgan fingerprint density at radius 1 is 0.231 bits per heavy atom. The zero-order valence-electron chi connectivity index (χ0n) is 28.5. The zero-order valence-corrected chi connectivity index (χ0v) is 28.5. The third kappa shape index (κ3) is 34.1. The lowest BCUT2D eigenvalue weighted by Crippen LogP contribution is -1.95. The minimum atomic E-state index is 0.965. The Bertz CT molecular complexity index is 412. The Kier molecular flexibility index (Phi) is 34.2. The molecule has 0 aromatic heterocycles. The van der Waals surface area contributed by atoms with Crippen molar-refractivity contribution in [1.82, 2.24) is 0 Å². The monoisotopic (exact) mass is 549 g/mol. The van der Waals surface area contributed by atoms with Gasteiger partial charge in [-0.15, -0.1) is 0 Å². The molecule has 0 aromatic carbocycles. The number of hydrogen-bond acceptors (Lipinski definition) is 0. The highest BCUT2D eigenvalue weighted by molar-refractivity contribution is 4.57. The van der Waals surface area contributed by atoms with Gasteiger partial charge in [-0.25, -0.2) is 0 Å². The predicted molar refractivity (Wildman–Crippen MR) is 182 cm³/mol. The summed E-state index contributed by atoms with van der Waals surface area (Å²) in [5, 5.41) is 0. The molecule has 0 saturated heterocycles. The molecular formula is C39H80. The van der Waals surface area contributed by atoms with Crippen LogP contribution in [0.25, 0.3) is 0 Å². The molecule has 0 aromatic rings. The molecule has 0 aliphatic rings. The van der Waals surface area contributed by atoms with Crippen molar-refractivity contribution in [2.75, 3.05) is 0 Å². The van der Waals surface area contributed by atoms with E-state index in [4.69, 9.17) is 0 Å². The standard InChI is InChI=1S/C39H80/c1-5-7-9-11-12-13-14-18-21-24-28-32-36-39(4)37-33-29-26-23-20-17-15-16-19-22-25-27-31-35-38(3)34-30-10-8-6-2/h38-39H,5-37H2,1-4H3. The van der Waals surface area contributed by atoms with Crippen LogP contribution >= 0.6 is 0 Å². The SMILES string of the molecule is CCCCCCCCCCCCCCC(C)CCCCCCCCCCCCCCCC(C)CCCCCC. The number of rotatable bonds is 34. The van der Waals surface area contributed by atoms with Crippen molar-refractivity contribution in [2.24, 2.45) is 11.8 Å². The van der Waals surface area contributed by atoms with E-state index in [2.05, 4.69) is 27.7 Å². The van der Waals surface area contributed by atoms with E-state index >= 15 is 0 Å². The largest absolute Gasteiger partial charge is 0.0654 e. The highest BCUT2D eigenvalue weighted by Gasteiger charge is 2.03. The highest BCUT2D eigenvalue weighted by atomic mass is 14.1. The molecule has 0 bridgehead atoms. The third-order valence-electron chi connectivity index (χ3n) is 9.49. The van der Waals surface area contributed by atoms with Gasteiger partial charge in [-0.3, -0.25) is 0 Å². The van der Waals surface area contributed by atoms with Gasteiger partial charge in [0.25, 0.3) is 0 Å². The van der Waals surface area contributed by atoms with Gasteiger partial charge >= 0.3 is 0 Å². The molecule has 2 atom stereocenters. The van der Waals surface area contributed by atoms with Crippen LogP contribution in [-0.4, -0.2) is 0 Å². The second-order valence-corrected chi connectivity index (χ2v) is 13.9. The van der Waals surface area contributed by atoms with Crippen LogP contribution in [0.15, 0.2) is 0 Å². The van der Waals surface area contributed by atoms with Crippen molar-refractivity contribution in [2.45, 2.75) is 240 Å². The Labute approximate surface area is 251 Å². The molecule has 39 heavy (non-hydrogen) atoms. The fourth-order valence-corrected chi connectivity index (χ4v) is 6.47. The summed E-state index contributed by atoms with van der Waals surface area (Å²) in [5.41, 5.74) is 0. The van der Waals surface area contributed by atoms with E-state index in [9.17, 15) is 0 Å². The van der Waals surface area contributed by atoms with Crippen LogP contribution in [0.4, 0.5) is 0 Å². The average Bonchev–Trinajstić information content (AvgIpc) is 2.93. The van der Waals surface area contributed by atoms with Crippen LogP contribution in [0.5, 0.6) is 0 Å². The molecule has 0 saturated carbocycles. The molecule has 0 N–H and O–H groups in total. The van der Waals surface area contributed by atoms with Crippen molar-refractivity contribution in [3.05, 3.63) is 0 Å². The normalized spacial score (nSPS) is 13.2. The first-order valence-corrected chi connectivity index (χ1v) is 19.2. The highest BCUT2D eigenvalue weighted by Crippen LogP contribution is 2.20. The van der Waals surface area contributed by atoms with Gasteiger partial charge in [0.2, 0.25) is 0 Å². The fourth-order valence-electron chi connectivity index (χ4n) is 6.47. The summed E-state index contributed by atoms with van der Waals surface area (Å²) >= 11 is 0. The van der Waals surface area contributed by atoms with Crippen molar-refractivity contribution < 1.29 is 0 Å². The summed E-state index contributed by atoms with van der Waals surface area (Å²) in [4.78, 5) is 0. The Morgan fingerprint density at radius 2 is 0.385 bits per heavy atom. The van der Waals surface area contributed by atoms with Crippen LogP contribution in [0.1, 0.15) is 240 Å². The van der Waals surface area contributed by atoms with Gasteiger partial charge in [0, 0.05) is 0 Å². The quantitative estimate of drug-likeness (QED) is 0.0701. The molecule has 0 heterocycles. The molecule has 2 unspecified atom stereocenters. The van der Waals surface area contributed by atoms with E-state index in [0.29, 0.717) is 0 Å². The van der Waals surface area contributed by atoms with Crippen molar-refractivity contribution in [1.29, 1.82) is 0 Å². The van der Waals surface area contributed by atoms with Crippen molar-refractivity contribution in [3.8, 4) is 0 Å². The molecule has 236 valence electrons. The maximum absolute atomic E-state index is 2.51. The minimum Gasteiger partial charge on any atom is -0.0654 e. The van der Waals surface area contributed by atoms with Crippen LogP contribution in [0, 0.1) is 11.8 Å². The second-order valence-electron chi connectivity index (χ2n) is 13.9. The Morgan fingerprint density at radius 3 is 0.590 bits per heavy atom. The number of hydrogen-bond donors (Lipinski definition) is 0. The van der Waals surface area contributed by atoms with Gasteiger partial charge in [-0.2, -0.15) is 0 Å². The third-order valence-corrected chi connectivity index (χ3v) is 9.49. The predicted octanol–water partition coefficient (Wildman–Crippen LogP) is 15.2. The van der Waals surface area contributed by atoms with E-state index in [1.165, 1.54) is 212 Å². The van der Waals surface area contributed by atoms with Crippen LogP contribution in [0.3, 0.4) is 0 Å². The Balaban J connectivity index is 3.18. The molecule has 0 aliphatic carbocycles. The van der Waals surface area contributed by atoms with Crippen molar-refractivity contribution >= 4 is 0 Å². The molecule has 0 fully saturated rings. The Hall–Kier alpha value is 0. The summed E-state index contributed by atoms with van der Waals surface area (Å²) in [5.74, 6) is 1.93. The lowest BCUT2D eigenvalue weighted by molar-refractivity contribution is 0.429. The molecule has 0 nitrogen and oxygen atoms in total. The van der Waals surface area contributed by atoms with E-state index in [1.54, 1.807) is 0 Å². The maximum Gasteiger partial charge on any atom is -0.0443 e. The molecule has 0 aliphatic heterocycles. The molecule has 0 rings (SSSR count). The molecule has 0 heteroatoms. The van der Waals surface area contributed by atoms with E-state index in [-0.39, 0.29) is 0 Å². The lowest BCUT2D eigenvalue weighted by Gasteiger charge is -2.11. The molecule has 0 amide bonds. The van der Waals surface area contributed by atoms with Gasteiger partial charge < -0.3 is 0 Å². The van der Waals surface area contributed by atoms with E-state index in [0.717, 1.165) is 11.8 Å². The van der Waals surface area contributed by atoms with E-state index in [1.807, 2.05) is 0 Å². The van der Waals surface area contributed by atoms with E-state index < -0.39 is 0 Å². The number of unbranched alkanes of at least 4 members (excludes halogenated alkanes) is 26. The van der Waals surface area contributed by atoms with Crippen LogP contribution < -0.4 is 0 Å². The lowest BCUT2D eigenvalue weighted by atomic mass is 9.95. The summed E-state index contributed by atoms with van der Waals surface area (Å²) < 4.78 is 0. The summed E-state index contributed by atoms with van der Waals surface area (Å²) in [6.45, 7) is 9.61.